The maximum Gasteiger partial charge on any atom is 0.0547 e. The standard InChI is InChI=1S/C60H40N2/c1-4-13-41(14-5-1)44-23-25-47(26-24-44)52-20-12-22-59-60(52)55-40-49(32-38-58(55)62(59)51-35-29-46(30-36-51)43-17-8-3-9-18-43)48-31-37-57-54(39-48)53-19-10-11-21-56(53)61(57)50-33-27-45(28-34-50)42-15-6-2-7-16-42/h1-40H. The third-order valence-electron chi connectivity index (χ3n) is 12.6. The Labute approximate surface area is 360 Å². The van der Waals surface area contributed by atoms with Crippen LogP contribution in [0, 0.1) is 0 Å². The highest BCUT2D eigenvalue weighted by Crippen LogP contribution is 2.42. The van der Waals surface area contributed by atoms with Crippen LogP contribution in [-0.2, 0) is 0 Å². The Hall–Kier alpha value is -8.20. The van der Waals surface area contributed by atoms with Crippen LogP contribution in [0.2, 0.25) is 0 Å². The molecule has 0 atom stereocenters. The van der Waals surface area contributed by atoms with Gasteiger partial charge in [0.2, 0.25) is 0 Å². The number of para-hydroxylation sites is 1. The van der Waals surface area contributed by atoms with E-state index in [4.69, 9.17) is 0 Å². The summed E-state index contributed by atoms with van der Waals surface area (Å²) >= 11 is 0. The number of fused-ring (bicyclic) bond motifs is 6. The van der Waals surface area contributed by atoms with Crippen LogP contribution in [0.25, 0.3) is 111 Å². The van der Waals surface area contributed by atoms with Crippen LogP contribution in [0.1, 0.15) is 0 Å². The van der Waals surface area contributed by atoms with Crippen molar-refractivity contribution in [3.05, 3.63) is 243 Å². The zero-order valence-electron chi connectivity index (χ0n) is 34.0. The van der Waals surface area contributed by atoms with Gasteiger partial charge in [-0.3, -0.25) is 0 Å². The molecule has 0 spiro atoms. The maximum absolute atomic E-state index is 2.44. The average molecular weight is 789 g/mol. The first-order valence-electron chi connectivity index (χ1n) is 21.3. The van der Waals surface area contributed by atoms with Gasteiger partial charge < -0.3 is 9.13 Å². The van der Waals surface area contributed by atoms with E-state index in [-0.39, 0.29) is 0 Å². The lowest BCUT2D eigenvalue weighted by molar-refractivity contribution is 1.18. The number of rotatable bonds is 7. The molecule has 12 aromatic rings. The SMILES string of the molecule is c1ccc(-c2ccc(-c3cccc4c3c3cc(-c5ccc6c(c5)c5ccccc5n6-c5ccc(-c6ccccc6)cc5)ccc3n4-c3ccc(-c4ccccc4)cc3)cc2)cc1. The van der Waals surface area contributed by atoms with Gasteiger partial charge in [0.15, 0.2) is 0 Å². The zero-order valence-corrected chi connectivity index (χ0v) is 34.0. The molecule has 0 aliphatic heterocycles. The lowest BCUT2D eigenvalue weighted by atomic mass is 9.95. The summed E-state index contributed by atoms with van der Waals surface area (Å²) in [7, 11) is 0. The van der Waals surface area contributed by atoms with Gasteiger partial charge in [-0.1, -0.05) is 182 Å². The molecule has 0 unspecified atom stereocenters. The second-order valence-electron chi connectivity index (χ2n) is 16.1. The molecule has 290 valence electrons. The van der Waals surface area contributed by atoms with Gasteiger partial charge in [0.05, 0.1) is 22.1 Å². The molecule has 0 aliphatic carbocycles. The summed E-state index contributed by atoms with van der Waals surface area (Å²) in [6.07, 6.45) is 0. The molecule has 2 aromatic heterocycles. The molecule has 0 N–H and O–H groups in total. The van der Waals surface area contributed by atoms with Gasteiger partial charge in [-0.25, -0.2) is 0 Å². The van der Waals surface area contributed by atoms with E-state index < -0.39 is 0 Å². The fourth-order valence-corrected chi connectivity index (χ4v) is 9.54. The summed E-state index contributed by atoms with van der Waals surface area (Å²) in [5, 5.41) is 4.97. The van der Waals surface area contributed by atoms with E-state index in [2.05, 4.69) is 252 Å². The first-order chi connectivity index (χ1) is 30.7. The largest absolute Gasteiger partial charge is 0.309 e. The predicted octanol–water partition coefficient (Wildman–Crippen LogP) is 16.2. The Morgan fingerprint density at radius 3 is 1.13 bits per heavy atom. The number of benzene rings is 10. The number of hydrogen-bond donors (Lipinski definition) is 0. The zero-order chi connectivity index (χ0) is 41.0. The summed E-state index contributed by atoms with van der Waals surface area (Å²) in [5.41, 5.74) is 19.2. The minimum Gasteiger partial charge on any atom is -0.309 e. The van der Waals surface area contributed by atoms with Crippen molar-refractivity contribution in [2.45, 2.75) is 0 Å². The molecule has 10 aromatic carbocycles. The summed E-state index contributed by atoms with van der Waals surface area (Å²) in [6.45, 7) is 0. The Bertz CT molecular complexity index is 3560. The van der Waals surface area contributed by atoms with Gasteiger partial charge in [-0.05, 0) is 116 Å². The van der Waals surface area contributed by atoms with Crippen molar-refractivity contribution >= 4 is 43.6 Å². The molecule has 2 heterocycles. The van der Waals surface area contributed by atoms with Crippen LogP contribution in [0.15, 0.2) is 243 Å². The molecular formula is C60H40N2. The van der Waals surface area contributed by atoms with Crippen LogP contribution in [0.5, 0.6) is 0 Å². The van der Waals surface area contributed by atoms with Crippen molar-refractivity contribution in [1.82, 2.24) is 9.13 Å². The summed E-state index contributed by atoms with van der Waals surface area (Å²) in [5.74, 6) is 0. The summed E-state index contributed by atoms with van der Waals surface area (Å²) < 4.78 is 4.84. The Morgan fingerprint density at radius 2 is 0.581 bits per heavy atom. The minimum absolute atomic E-state index is 1.14. The van der Waals surface area contributed by atoms with E-state index in [1.54, 1.807) is 0 Å². The Balaban J connectivity index is 1.02. The second-order valence-corrected chi connectivity index (χ2v) is 16.1. The molecule has 0 bridgehead atoms. The van der Waals surface area contributed by atoms with Crippen LogP contribution < -0.4 is 0 Å². The van der Waals surface area contributed by atoms with E-state index in [1.807, 2.05) is 0 Å². The van der Waals surface area contributed by atoms with E-state index >= 15 is 0 Å². The molecule has 12 rings (SSSR count). The van der Waals surface area contributed by atoms with Gasteiger partial charge in [-0.2, -0.15) is 0 Å². The summed E-state index contributed by atoms with van der Waals surface area (Å²) in [6, 6.07) is 88.4. The normalized spacial score (nSPS) is 11.5. The second kappa shape index (κ2) is 14.8. The third-order valence-corrected chi connectivity index (χ3v) is 12.6. The molecule has 0 aliphatic rings. The maximum atomic E-state index is 2.44. The quantitative estimate of drug-likeness (QED) is 0.152. The van der Waals surface area contributed by atoms with Gasteiger partial charge in [-0.15, -0.1) is 0 Å². The summed E-state index contributed by atoms with van der Waals surface area (Å²) in [4.78, 5) is 0. The fourth-order valence-electron chi connectivity index (χ4n) is 9.54. The number of aromatic nitrogens is 2. The molecule has 0 radical (unpaired) electrons. The molecule has 2 nitrogen and oxygen atoms in total. The van der Waals surface area contributed by atoms with E-state index in [1.165, 1.54) is 99.2 Å². The molecule has 0 saturated heterocycles. The highest BCUT2D eigenvalue weighted by molar-refractivity contribution is 6.17. The molecule has 0 amide bonds. The van der Waals surface area contributed by atoms with Crippen LogP contribution in [-0.4, -0.2) is 9.13 Å². The topological polar surface area (TPSA) is 9.86 Å². The monoisotopic (exact) mass is 788 g/mol. The van der Waals surface area contributed by atoms with E-state index in [0.717, 1.165) is 11.4 Å². The first kappa shape index (κ1) is 35.7. The van der Waals surface area contributed by atoms with Gasteiger partial charge >= 0.3 is 0 Å². The minimum atomic E-state index is 1.14. The van der Waals surface area contributed by atoms with Gasteiger partial charge in [0, 0.05) is 32.9 Å². The Morgan fingerprint density at radius 1 is 0.210 bits per heavy atom. The van der Waals surface area contributed by atoms with Gasteiger partial charge in [0.25, 0.3) is 0 Å². The smallest absolute Gasteiger partial charge is 0.0547 e. The van der Waals surface area contributed by atoms with Crippen molar-refractivity contribution in [2.24, 2.45) is 0 Å². The fraction of sp³-hybridized carbons (Fsp3) is 0. The molecule has 2 heteroatoms. The first-order valence-corrected chi connectivity index (χ1v) is 21.3. The number of hydrogen-bond acceptors (Lipinski definition) is 0. The van der Waals surface area contributed by atoms with Crippen LogP contribution in [0.4, 0.5) is 0 Å². The van der Waals surface area contributed by atoms with Gasteiger partial charge in [0.1, 0.15) is 0 Å². The molecule has 0 saturated carbocycles. The molecular weight excluding hydrogens is 749 g/mol. The van der Waals surface area contributed by atoms with Crippen molar-refractivity contribution in [3.8, 4) is 67.0 Å². The third kappa shape index (κ3) is 6.04. The Kier molecular flexibility index (Phi) is 8.53. The molecule has 0 fully saturated rings. The van der Waals surface area contributed by atoms with Crippen LogP contribution >= 0.6 is 0 Å². The number of nitrogens with zero attached hydrogens (tertiary/aromatic N) is 2. The van der Waals surface area contributed by atoms with Crippen molar-refractivity contribution in [3.63, 3.8) is 0 Å². The van der Waals surface area contributed by atoms with E-state index in [0.29, 0.717) is 0 Å². The lowest BCUT2D eigenvalue weighted by Crippen LogP contribution is -1.94. The predicted molar refractivity (Wildman–Crippen MR) is 262 cm³/mol. The van der Waals surface area contributed by atoms with Crippen molar-refractivity contribution < 1.29 is 0 Å². The highest BCUT2D eigenvalue weighted by Gasteiger charge is 2.19. The van der Waals surface area contributed by atoms with Crippen molar-refractivity contribution in [2.75, 3.05) is 0 Å². The lowest BCUT2D eigenvalue weighted by Gasteiger charge is -2.11. The highest BCUT2D eigenvalue weighted by atomic mass is 15.0. The van der Waals surface area contributed by atoms with E-state index in [9.17, 15) is 0 Å². The van der Waals surface area contributed by atoms with Crippen LogP contribution in [0.3, 0.4) is 0 Å². The average Bonchev–Trinajstić information content (AvgIpc) is 3.87. The molecule has 62 heavy (non-hydrogen) atoms. The van der Waals surface area contributed by atoms with Crippen molar-refractivity contribution in [1.29, 1.82) is 0 Å².